The Kier molecular flexibility index (Phi) is 3.58. The van der Waals surface area contributed by atoms with Gasteiger partial charge in [-0.3, -0.25) is 0 Å². The maximum atomic E-state index is 11.9. The Morgan fingerprint density at radius 1 is 1.56 bits per heavy atom. The topological polar surface area (TPSA) is 62.2 Å². The Balaban J connectivity index is 2.93. The zero-order valence-corrected chi connectivity index (χ0v) is 8.43. The van der Waals surface area contributed by atoms with E-state index < -0.39 is 18.7 Å². The minimum Gasteiger partial charge on any atom is -0.478 e. The number of alkyl halides is 3. The molecule has 2 N–H and O–H groups in total. The van der Waals surface area contributed by atoms with Crippen LogP contribution in [0, 0.1) is 0 Å². The van der Waals surface area contributed by atoms with Crippen molar-refractivity contribution < 1.29 is 23.1 Å². The minimum atomic E-state index is -4.44. The van der Waals surface area contributed by atoms with E-state index in [-0.39, 0.29) is 16.4 Å². The van der Waals surface area contributed by atoms with E-state index in [2.05, 4.69) is 4.98 Å². The summed E-state index contributed by atoms with van der Waals surface area (Å²) in [5.74, 6) is -1.38. The number of carboxylic acid groups (broad SMARTS) is 1. The lowest BCUT2D eigenvalue weighted by molar-refractivity contribution is -0.115. The largest absolute Gasteiger partial charge is 0.478 e. The van der Waals surface area contributed by atoms with Gasteiger partial charge in [0.1, 0.15) is 17.3 Å². The first-order chi connectivity index (χ1) is 7.29. The SMILES string of the molecule is O=C(O)c1cnc(Cl)cc1NCC(F)(F)F. The third-order valence-corrected chi connectivity index (χ3v) is 1.79. The van der Waals surface area contributed by atoms with Crippen molar-refractivity contribution in [1.29, 1.82) is 0 Å². The van der Waals surface area contributed by atoms with E-state index in [1.807, 2.05) is 5.32 Å². The van der Waals surface area contributed by atoms with E-state index in [9.17, 15) is 18.0 Å². The van der Waals surface area contributed by atoms with Gasteiger partial charge in [-0.25, -0.2) is 9.78 Å². The summed E-state index contributed by atoms with van der Waals surface area (Å²) >= 11 is 5.45. The molecule has 8 heteroatoms. The van der Waals surface area contributed by atoms with Crippen LogP contribution in [0.15, 0.2) is 12.3 Å². The quantitative estimate of drug-likeness (QED) is 0.813. The summed E-state index contributed by atoms with van der Waals surface area (Å²) in [6.45, 7) is -1.34. The van der Waals surface area contributed by atoms with E-state index >= 15 is 0 Å². The predicted octanol–water partition coefficient (Wildman–Crippen LogP) is 2.41. The molecule has 0 atom stereocenters. The van der Waals surface area contributed by atoms with Crippen LogP contribution in [0.2, 0.25) is 5.15 Å². The molecule has 0 aromatic carbocycles. The number of nitrogens with zero attached hydrogens (tertiary/aromatic N) is 1. The summed E-state index contributed by atoms with van der Waals surface area (Å²) in [5.41, 5.74) is -0.585. The number of pyridine rings is 1. The first kappa shape index (κ1) is 12.6. The molecule has 1 aromatic rings. The molecule has 0 bridgehead atoms. The summed E-state index contributed by atoms with van der Waals surface area (Å²) in [5, 5.41) is 10.5. The fourth-order valence-corrected chi connectivity index (χ4v) is 1.10. The summed E-state index contributed by atoms with van der Waals surface area (Å²) in [6, 6.07) is 1.02. The van der Waals surface area contributed by atoms with E-state index in [1.165, 1.54) is 0 Å². The van der Waals surface area contributed by atoms with E-state index in [0.29, 0.717) is 0 Å². The molecule has 1 aromatic heterocycles. The van der Waals surface area contributed by atoms with Crippen LogP contribution in [-0.4, -0.2) is 28.8 Å². The van der Waals surface area contributed by atoms with E-state index in [4.69, 9.17) is 16.7 Å². The predicted molar refractivity (Wildman–Crippen MR) is 50.8 cm³/mol. The molecule has 16 heavy (non-hydrogen) atoms. The summed E-state index contributed by atoms with van der Waals surface area (Å²) in [7, 11) is 0. The highest BCUT2D eigenvalue weighted by Crippen LogP contribution is 2.21. The number of carbonyl (C=O) groups is 1. The zero-order valence-electron chi connectivity index (χ0n) is 7.68. The van der Waals surface area contributed by atoms with Crippen LogP contribution >= 0.6 is 11.6 Å². The van der Waals surface area contributed by atoms with Crippen LogP contribution in [-0.2, 0) is 0 Å². The average Bonchev–Trinajstić information content (AvgIpc) is 2.13. The van der Waals surface area contributed by atoms with Crippen molar-refractivity contribution in [3.63, 3.8) is 0 Å². The Hall–Kier alpha value is -1.50. The Bertz CT molecular complexity index is 409. The number of aromatic nitrogens is 1. The Morgan fingerprint density at radius 2 is 2.19 bits per heavy atom. The summed E-state index contributed by atoms with van der Waals surface area (Å²) in [6.07, 6.45) is -3.55. The Labute approximate surface area is 93.1 Å². The second-order valence-electron chi connectivity index (χ2n) is 2.83. The third-order valence-electron chi connectivity index (χ3n) is 1.58. The van der Waals surface area contributed by atoms with E-state index in [0.717, 1.165) is 12.3 Å². The third kappa shape index (κ3) is 3.58. The fraction of sp³-hybridized carbons (Fsp3) is 0.250. The molecular formula is C8H6ClF3N2O2. The number of halogens is 4. The molecule has 0 spiro atoms. The highest BCUT2D eigenvalue weighted by atomic mass is 35.5. The molecule has 88 valence electrons. The van der Waals surface area contributed by atoms with Crippen LogP contribution in [0.1, 0.15) is 10.4 Å². The molecule has 0 saturated carbocycles. The summed E-state index contributed by atoms with van der Waals surface area (Å²) in [4.78, 5) is 14.1. The lowest BCUT2D eigenvalue weighted by Gasteiger charge is -2.11. The van der Waals surface area contributed by atoms with Gasteiger partial charge < -0.3 is 10.4 Å². The van der Waals surface area contributed by atoms with Gasteiger partial charge in [-0.1, -0.05) is 11.6 Å². The minimum absolute atomic E-state index is 0.0883. The summed E-state index contributed by atoms with van der Waals surface area (Å²) < 4.78 is 35.7. The first-order valence-corrected chi connectivity index (χ1v) is 4.37. The molecule has 0 aliphatic heterocycles. The van der Waals surface area contributed by atoms with Gasteiger partial charge in [-0.15, -0.1) is 0 Å². The van der Waals surface area contributed by atoms with Crippen molar-refractivity contribution in [2.75, 3.05) is 11.9 Å². The van der Waals surface area contributed by atoms with Gasteiger partial charge in [0.25, 0.3) is 0 Å². The van der Waals surface area contributed by atoms with Gasteiger partial charge in [0.15, 0.2) is 0 Å². The van der Waals surface area contributed by atoms with Crippen molar-refractivity contribution in [1.82, 2.24) is 4.98 Å². The fourth-order valence-electron chi connectivity index (χ4n) is 0.942. The lowest BCUT2D eigenvalue weighted by Crippen LogP contribution is -2.22. The van der Waals surface area contributed by atoms with Gasteiger partial charge in [-0.05, 0) is 6.07 Å². The molecule has 0 fully saturated rings. The van der Waals surface area contributed by atoms with Crippen molar-refractivity contribution in [3.8, 4) is 0 Å². The lowest BCUT2D eigenvalue weighted by atomic mass is 10.2. The Morgan fingerprint density at radius 3 is 2.69 bits per heavy atom. The van der Waals surface area contributed by atoms with Crippen LogP contribution in [0.4, 0.5) is 18.9 Å². The van der Waals surface area contributed by atoms with Gasteiger partial charge in [0, 0.05) is 6.20 Å². The first-order valence-electron chi connectivity index (χ1n) is 3.99. The molecule has 1 rings (SSSR count). The normalized spacial score (nSPS) is 11.2. The maximum Gasteiger partial charge on any atom is 0.405 e. The number of anilines is 1. The van der Waals surface area contributed by atoms with Gasteiger partial charge in [0.2, 0.25) is 0 Å². The van der Waals surface area contributed by atoms with Crippen molar-refractivity contribution in [3.05, 3.63) is 23.0 Å². The van der Waals surface area contributed by atoms with Crippen LogP contribution in [0.5, 0.6) is 0 Å². The molecule has 0 saturated heterocycles. The molecular weight excluding hydrogens is 249 g/mol. The average molecular weight is 255 g/mol. The molecule has 4 nitrogen and oxygen atoms in total. The molecule has 0 aliphatic rings. The van der Waals surface area contributed by atoms with Crippen LogP contribution < -0.4 is 5.32 Å². The number of aromatic carboxylic acids is 1. The smallest absolute Gasteiger partial charge is 0.405 e. The molecule has 0 amide bonds. The molecule has 0 radical (unpaired) electrons. The number of nitrogens with one attached hydrogen (secondary N) is 1. The van der Waals surface area contributed by atoms with Crippen molar-refractivity contribution >= 4 is 23.3 Å². The number of rotatable bonds is 3. The highest BCUT2D eigenvalue weighted by Gasteiger charge is 2.27. The molecule has 1 heterocycles. The number of hydrogen-bond donors (Lipinski definition) is 2. The standard InChI is InChI=1S/C8H6ClF3N2O2/c9-6-1-5(14-3-8(10,11)12)4(2-13-6)7(15)16/h1-2H,3H2,(H,13,14)(H,15,16). The molecule has 0 aliphatic carbocycles. The number of hydrogen-bond acceptors (Lipinski definition) is 3. The molecule has 0 unspecified atom stereocenters. The second kappa shape index (κ2) is 4.56. The van der Waals surface area contributed by atoms with Crippen LogP contribution in [0.25, 0.3) is 0 Å². The van der Waals surface area contributed by atoms with Gasteiger partial charge in [0.05, 0.1) is 5.69 Å². The zero-order chi connectivity index (χ0) is 12.3. The van der Waals surface area contributed by atoms with Crippen molar-refractivity contribution in [2.24, 2.45) is 0 Å². The number of carboxylic acids is 1. The van der Waals surface area contributed by atoms with Gasteiger partial charge in [-0.2, -0.15) is 13.2 Å². The van der Waals surface area contributed by atoms with E-state index in [1.54, 1.807) is 0 Å². The highest BCUT2D eigenvalue weighted by molar-refractivity contribution is 6.29. The van der Waals surface area contributed by atoms with Gasteiger partial charge >= 0.3 is 12.1 Å². The monoisotopic (exact) mass is 254 g/mol. The second-order valence-corrected chi connectivity index (χ2v) is 3.21. The maximum absolute atomic E-state index is 11.9. The van der Waals surface area contributed by atoms with Crippen LogP contribution in [0.3, 0.4) is 0 Å². The van der Waals surface area contributed by atoms with Crippen molar-refractivity contribution in [2.45, 2.75) is 6.18 Å².